The maximum absolute atomic E-state index is 12.8. The van der Waals surface area contributed by atoms with Gasteiger partial charge in [0.2, 0.25) is 0 Å². The number of piperidine rings is 2. The molecule has 2 aromatic rings. The van der Waals surface area contributed by atoms with Gasteiger partial charge in [-0.2, -0.15) is 13.2 Å². The van der Waals surface area contributed by atoms with Gasteiger partial charge in [0.25, 0.3) is 12.4 Å². The van der Waals surface area contributed by atoms with Crippen LogP contribution in [-0.4, -0.2) is 96.7 Å². The van der Waals surface area contributed by atoms with E-state index in [1.807, 2.05) is 0 Å². The molecule has 4 heterocycles. The first-order valence-corrected chi connectivity index (χ1v) is 14.3. The molecule has 3 aliphatic rings. The van der Waals surface area contributed by atoms with Crippen LogP contribution in [0.5, 0.6) is 0 Å². The number of amides is 2. The van der Waals surface area contributed by atoms with E-state index in [9.17, 15) is 22.8 Å². The number of benzene rings is 1. The van der Waals surface area contributed by atoms with Crippen LogP contribution >= 0.6 is 0 Å². The molecule has 3 saturated heterocycles. The van der Waals surface area contributed by atoms with Gasteiger partial charge < -0.3 is 19.7 Å². The van der Waals surface area contributed by atoms with Crippen molar-refractivity contribution in [3.05, 3.63) is 65.0 Å². The summed E-state index contributed by atoms with van der Waals surface area (Å²) in [5.74, 6) is -0.133. The van der Waals surface area contributed by atoms with Crippen molar-refractivity contribution in [1.82, 2.24) is 25.0 Å². The van der Waals surface area contributed by atoms with Gasteiger partial charge in [0, 0.05) is 44.7 Å². The molecule has 234 valence electrons. The molecule has 0 atom stereocenters. The summed E-state index contributed by atoms with van der Waals surface area (Å²) in [5, 5.41) is 3.08. The smallest absolute Gasteiger partial charge is 0.416 e. The summed E-state index contributed by atoms with van der Waals surface area (Å²) >= 11 is 0. The van der Waals surface area contributed by atoms with Crippen LogP contribution in [0.2, 0.25) is 0 Å². The topological polar surface area (TPSA) is 104 Å². The van der Waals surface area contributed by atoms with Gasteiger partial charge in [-0.25, -0.2) is 4.79 Å². The molecule has 0 radical (unpaired) electrons. The molecule has 3 fully saturated rings. The number of pyridine rings is 1. The zero-order valence-electron chi connectivity index (χ0n) is 24.4. The number of nitrogens with one attached hydrogen (secondary N) is 1. The van der Waals surface area contributed by atoms with E-state index < -0.39 is 17.3 Å². The second-order valence-corrected chi connectivity index (χ2v) is 11.3. The number of hydrogen-bond donors (Lipinski definition) is 1. The highest BCUT2D eigenvalue weighted by Gasteiger charge is 2.47. The van der Waals surface area contributed by atoms with E-state index in [2.05, 4.69) is 31.9 Å². The minimum Gasteiger partial charge on any atom is -0.471 e. The van der Waals surface area contributed by atoms with Crippen molar-refractivity contribution in [3.63, 3.8) is 0 Å². The highest BCUT2D eigenvalue weighted by atomic mass is 19.4. The van der Waals surface area contributed by atoms with Crippen molar-refractivity contribution in [2.24, 2.45) is 0 Å². The minimum absolute atomic E-state index is 0.133. The molecule has 1 aromatic heterocycles. The molecule has 0 unspecified atom stereocenters. The quantitative estimate of drug-likeness (QED) is 0.477. The third kappa shape index (κ3) is 8.90. The van der Waals surface area contributed by atoms with Crippen molar-refractivity contribution in [1.29, 1.82) is 0 Å². The van der Waals surface area contributed by atoms with Gasteiger partial charge in [0.15, 0.2) is 0 Å². The van der Waals surface area contributed by atoms with E-state index >= 15 is 0 Å². The number of carbonyl (C=O) groups is 3. The van der Waals surface area contributed by atoms with Crippen LogP contribution in [0.3, 0.4) is 0 Å². The number of ether oxygens (including phenoxy) is 2. The van der Waals surface area contributed by atoms with Crippen molar-refractivity contribution >= 4 is 18.5 Å². The Morgan fingerprint density at radius 2 is 1.74 bits per heavy atom. The van der Waals surface area contributed by atoms with Gasteiger partial charge in [-0.05, 0) is 62.8 Å². The van der Waals surface area contributed by atoms with Crippen LogP contribution in [0.25, 0.3) is 0 Å². The minimum atomic E-state index is -4.34. The molecule has 1 aromatic carbocycles. The molecule has 10 nitrogen and oxygen atoms in total. The maximum atomic E-state index is 12.8. The number of alkyl halides is 3. The Labute approximate surface area is 249 Å². The highest BCUT2D eigenvalue weighted by molar-refractivity contribution is 5.94. The standard InChI is InChI=1S/C28H34F3N5O3.C2H4O2/c1-34-12-8-23(9-13-34)33-25(37)21-4-7-24(32-16-21)18-36-19-27(39-26(36)38)10-14-35(15-11-27)17-20-2-5-22(6-3-20)28(29,30)31;1-4-2-3/h2-7,16,23H,8-15,17-19H2,1H3,(H,33,37);2H,1H3. The number of hydrogen-bond acceptors (Lipinski definition) is 8. The molecule has 0 saturated carbocycles. The van der Waals surface area contributed by atoms with E-state index in [0.29, 0.717) is 63.3 Å². The summed E-state index contributed by atoms with van der Waals surface area (Å²) in [6.07, 6.45) is -0.00196. The summed E-state index contributed by atoms with van der Waals surface area (Å²) in [6, 6.07) is 8.94. The Morgan fingerprint density at radius 3 is 2.30 bits per heavy atom. The average molecular weight is 606 g/mol. The summed E-state index contributed by atoms with van der Waals surface area (Å²) in [5.41, 5.74) is 0.778. The van der Waals surface area contributed by atoms with E-state index in [0.717, 1.165) is 43.6 Å². The second-order valence-electron chi connectivity index (χ2n) is 11.3. The zero-order chi connectivity index (χ0) is 31.0. The lowest BCUT2D eigenvalue weighted by molar-refractivity contribution is -0.137. The van der Waals surface area contributed by atoms with Crippen molar-refractivity contribution in [3.8, 4) is 0 Å². The largest absolute Gasteiger partial charge is 0.471 e. The summed E-state index contributed by atoms with van der Waals surface area (Å²) in [4.78, 5) is 44.7. The molecular weight excluding hydrogens is 567 g/mol. The Kier molecular flexibility index (Phi) is 10.6. The summed E-state index contributed by atoms with van der Waals surface area (Å²) < 4.78 is 48.1. The lowest BCUT2D eigenvalue weighted by Gasteiger charge is -2.37. The maximum Gasteiger partial charge on any atom is 0.416 e. The molecule has 3 aliphatic heterocycles. The van der Waals surface area contributed by atoms with Crippen LogP contribution in [0.1, 0.15) is 52.9 Å². The predicted octanol–water partition coefficient (Wildman–Crippen LogP) is 3.70. The lowest BCUT2D eigenvalue weighted by atomic mass is 9.91. The third-order valence-corrected chi connectivity index (χ3v) is 8.09. The summed E-state index contributed by atoms with van der Waals surface area (Å²) in [7, 11) is 3.39. The monoisotopic (exact) mass is 605 g/mol. The average Bonchev–Trinajstić information content (AvgIpc) is 3.29. The second kappa shape index (κ2) is 14.2. The van der Waals surface area contributed by atoms with Crippen molar-refractivity contribution < 1.29 is 37.0 Å². The molecule has 43 heavy (non-hydrogen) atoms. The number of rotatable bonds is 7. The summed E-state index contributed by atoms with van der Waals surface area (Å²) in [6.45, 7) is 4.97. The molecule has 1 N–H and O–H groups in total. The Morgan fingerprint density at radius 1 is 1.09 bits per heavy atom. The SMILES string of the molecule is CN1CCC(NC(=O)c2ccc(CN3CC4(CCN(Cc5ccc(C(F)(F)F)cc5)CC4)OC3=O)nc2)CC1.COC=O. The third-order valence-electron chi connectivity index (χ3n) is 8.09. The van der Waals surface area contributed by atoms with Gasteiger partial charge >= 0.3 is 12.3 Å². The lowest BCUT2D eigenvalue weighted by Crippen LogP contribution is -2.46. The highest BCUT2D eigenvalue weighted by Crippen LogP contribution is 2.35. The Bertz CT molecular complexity index is 1230. The van der Waals surface area contributed by atoms with Crippen LogP contribution in [0, 0.1) is 0 Å². The fourth-order valence-corrected chi connectivity index (χ4v) is 5.52. The number of likely N-dealkylation sites (tertiary alicyclic amines) is 2. The molecule has 1 spiro atoms. The number of aromatic nitrogens is 1. The van der Waals surface area contributed by atoms with Crippen LogP contribution in [0.4, 0.5) is 18.0 Å². The van der Waals surface area contributed by atoms with Gasteiger partial charge in [0.1, 0.15) is 5.60 Å². The molecule has 2 amide bonds. The van der Waals surface area contributed by atoms with E-state index in [1.165, 1.54) is 19.2 Å². The normalized spacial score (nSPS) is 19.4. The van der Waals surface area contributed by atoms with Crippen LogP contribution in [-0.2, 0) is 33.5 Å². The molecule has 13 heteroatoms. The zero-order valence-corrected chi connectivity index (χ0v) is 24.4. The van der Waals surface area contributed by atoms with E-state index in [-0.39, 0.29) is 18.0 Å². The number of halogens is 3. The first-order valence-electron chi connectivity index (χ1n) is 14.3. The van der Waals surface area contributed by atoms with Gasteiger partial charge in [-0.3, -0.25) is 24.4 Å². The molecule has 0 bridgehead atoms. The molecular formula is C30H38F3N5O5. The van der Waals surface area contributed by atoms with Gasteiger partial charge in [-0.1, -0.05) is 12.1 Å². The first kappa shape index (κ1) is 32.2. The van der Waals surface area contributed by atoms with E-state index in [4.69, 9.17) is 9.53 Å². The molecule has 0 aliphatic carbocycles. The predicted molar refractivity (Wildman–Crippen MR) is 151 cm³/mol. The van der Waals surface area contributed by atoms with Crippen molar-refractivity contribution in [2.75, 3.05) is 46.9 Å². The van der Waals surface area contributed by atoms with Crippen LogP contribution in [0.15, 0.2) is 42.6 Å². The Balaban J connectivity index is 0.000000996. The van der Waals surface area contributed by atoms with Gasteiger partial charge in [-0.15, -0.1) is 0 Å². The van der Waals surface area contributed by atoms with Crippen molar-refractivity contribution in [2.45, 2.75) is 56.6 Å². The fourth-order valence-electron chi connectivity index (χ4n) is 5.52. The molecule has 5 rings (SSSR count). The number of carbonyl (C=O) groups excluding carboxylic acids is 3. The first-order chi connectivity index (χ1) is 20.5. The number of methoxy groups -OCH3 is 1. The van der Waals surface area contributed by atoms with Crippen LogP contribution < -0.4 is 5.32 Å². The fraction of sp³-hybridized carbons (Fsp3) is 0.533. The Hall–Kier alpha value is -3.71. The number of nitrogens with zero attached hydrogens (tertiary/aromatic N) is 4. The van der Waals surface area contributed by atoms with Gasteiger partial charge in [0.05, 0.1) is 37.0 Å². The van der Waals surface area contributed by atoms with E-state index in [1.54, 1.807) is 23.2 Å².